The molecule has 3 aliphatic rings. The second-order valence-corrected chi connectivity index (χ2v) is 18.1. The lowest BCUT2D eigenvalue weighted by atomic mass is 10.0. The zero-order valence-corrected chi connectivity index (χ0v) is 26.5. The van der Waals surface area contributed by atoms with Crippen molar-refractivity contribution in [1.29, 1.82) is 0 Å². The number of carbonyl (C=O) groups is 1. The lowest BCUT2D eigenvalue weighted by molar-refractivity contribution is -0.133. The average molecular weight is 636 g/mol. The Balaban J connectivity index is 1.23. The van der Waals surface area contributed by atoms with Crippen molar-refractivity contribution in [3.63, 3.8) is 0 Å². The lowest BCUT2D eigenvalue weighted by Crippen LogP contribution is -2.40. The quantitative estimate of drug-likeness (QED) is 0.103. The van der Waals surface area contributed by atoms with Gasteiger partial charge < -0.3 is 15.0 Å². The molecule has 0 unspecified atom stereocenters. The third kappa shape index (κ3) is 9.74. The van der Waals surface area contributed by atoms with Crippen LogP contribution in [0.3, 0.4) is 0 Å². The number of rotatable bonds is 14. The van der Waals surface area contributed by atoms with Gasteiger partial charge in [0.2, 0.25) is 11.9 Å². The Labute approximate surface area is 256 Å². The van der Waals surface area contributed by atoms with Crippen LogP contribution in [0.2, 0.25) is 25.7 Å². The maximum Gasteiger partial charge on any atom is 0.421 e. The summed E-state index contributed by atoms with van der Waals surface area (Å²) in [7, 11) is -1.40. The van der Waals surface area contributed by atoms with E-state index in [1.54, 1.807) is 6.92 Å². The van der Waals surface area contributed by atoms with Crippen LogP contribution in [-0.2, 0) is 19.2 Å². The largest absolute Gasteiger partial charge is 0.421 e. The first kappa shape index (κ1) is 33.4. The monoisotopic (exact) mass is 635 g/mol. The van der Waals surface area contributed by atoms with E-state index in [1.807, 2.05) is 23.4 Å². The standard InChI is InChI=1S/C29H40F3N7O4Si/c1-20(36-24-16-35-39(19-42-11-12-44(2,3)4)25(17-40)27(24)29(30,31)32)18-43-37-26(41)13-21-7-9-38(10-8-21)28-33-14-23(15-34-28)22-5-6-22/h7,14-16,20,22,36H,5-6,8-13,18-19H2,1-4H3,(H,37,41)/t20-/m0/s1. The van der Waals surface area contributed by atoms with Crippen molar-refractivity contribution in [1.82, 2.24) is 25.8 Å². The van der Waals surface area contributed by atoms with Gasteiger partial charge in [-0.2, -0.15) is 18.3 Å². The second-order valence-electron chi connectivity index (χ2n) is 12.4. The highest BCUT2D eigenvalue weighted by molar-refractivity contribution is 6.76. The summed E-state index contributed by atoms with van der Waals surface area (Å²) in [6.07, 6.45) is 5.07. The van der Waals surface area contributed by atoms with Crippen LogP contribution in [0.5, 0.6) is 0 Å². The Hall–Kier alpha value is -3.52. The number of alkyl halides is 3. The van der Waals surface area contributed by atoms with Crippen molar-refractivity contribution in [3.05, 3.63) is 46.6 Å². The van der Waals surface area contributed by atoms with Crippen LogP contribution in [-0.4, -0.2) is 86.4 Å². The molecule has 1 atom stereocenters. The van der Waals surface area contributed by atoms with Crippen LogP contribution < -0.4 is 15.7 Å². The number of nitrogens with zero attached hydrogens (tertiary/aromatic N) is 5. The molecular weight excluding hydrogens is 595 g/mol. The molecule has 0 bridgehead atoms. The smallest absolute Gasteiger partial charge is 0.378 e. The van der Waals surface area contributed by atoms with Gasteiger partial charge >= 0.3 is 6.18 Å². The van der Waals surface area contributed by atoms with E-state index in [0.717, 1.165) is 22.8 Å². The Morgan fingerprint density at radius 1 is 1.23 bits per heavy atom. The SMILES string of the molecule is C[C@@H](CONC(=O)CC1=CCN(c2ncc(C3CC3)cn2)CC1)NC1=C(C(F)(F)F)C(=C=O)N(COCC[Si](C)(C)C)N=C1. The van der Waals surface area contributed by atoms with Gasteiger partial charge in [-0.25, -0.2) is 25.3 Å². The van der Waals surface area contributed by atoms with E-state index in [0.29, 0.717) is 38.0 Å². The molecule has 1 fully saturated rings. The van der Waals surface area contributed by atoms with Gasteiger partial charge in [-0.05, 0) is 43.7 Å². The molecule has 11 nitrogen and oxygen atoms in total. The number of ether oxygens (including phenoxy) is 1. The molecule has 2 aliphatic heterocycles. The lowest BCUT2D eigenvalue weighted by Gasteiger charge is -2.29. The number of hydrogen-bond donors (Lipinski definition) is 2. The minimum absolute atomic E-state index is 0.135. The summed E-state index contributed by atoms with van der Waals surface area (Å²) in [5.74, 6) is 2.27. The highest BCUT2D eigenvalue weighted by atomic mass is 28.3. The molecule has 44 heavy (non-hydrogen) atoms. The molecule has 2 N–H and O–H groups in total. The van der Waals surface area contributed by atoms with Gasteiger partial charge in [0.1, 0.15) is 12.3 Å². The van der Waals surface area contributed by atoms with Gasteiger partial charge in [-0.3, -0.25) is 9.63 Å². The molecule has 1 aliphatic carbocycles. The molecule has 1 amide bonds. The van der Waals surface area contributed by atoms with Crippen LogP contribution in [0.15, 0.2) is 46.1 Å². The number of hydrogen-bond acceptors (Lipinski definition) is 10. The molecule has 4 rings (SSSR count). The number of hydroxylamine groups is 1. The first-order chi connectivity index (χ1) is 20.8. The Morgan fingerprint density at radius 3 is 2.55 bits per heavy atom. The fourth-order valence-corrected chi connectivity index (χ4v) is 5.36. The molecule has 1 aromatic heterocycles. The van der Waals surface area contributed by atoms with Crippen molar-refractivity contribution in [3.8, 4) is 0 Å². The minimum atomic E-state index is -4.86. The molecule has 1 aromatic rings. The molecule has 1 saturated carbocycles. The molecule has 0 saturated heterocycles. The number of nitrogens with one attached hydrogen (secondary N) is 2. The van der Waals surface area contributed by atoms with E-state index in [9.17, 15) is 22.8 Å². The minimum Gasteiger partial charge on any atom is -0.378 e. The first-order valence-corrected chi connectivity index (χ1v) is 18.4. The van der Waals surface area contributed by atoms with Gasteiger partial charge in [-0.1, -0.05) is 31.3 Å². The topological polar surface area (TPSA) is 121 Å². The van der Waals surface area contributed by atoms with Crippen LogP contribution in [0, 0.1) is 0 Å². The van der Waals surface area contributed by atoms with Crippen LogP contribution in [0.1, 0.15) is 44.1 Å². The number of halogens is 3. The van der Waals surface area contributed by atoms with E-state index < -0.39 is 37.3 Å². The number of carbonyl (C=O) groups excluding carboxylic acids is 2. The van der Waals surface area contributed by atoms with E-state index >= 15 is 0 Å². The zero-order valence-electron chi connectivity index (χ0n) is 25.5. The van der Waals surface area contributed by atoms with E-state index in [1.165, 1.54) is 24.3 Å². The predicted octanol–water partition coefficient (Wildman–Crippen LogP) is 4.05. The third-order valence-corrected chi connectivity index (χ3v) is 8.99. The summed E-state index contributed by atoms with van der Waals surface area (Å²) >= 11 is 0. The Kier molecular flexibility index (Phi) is 11.0. The Morgan fingerprint density at radius 2 is 1.95 bits per heavy atom. The molecule has 0 aromatic carbocycles. The van der Waals surface area contributed by atoms with Crippen LogP contribution >= 0.6 is 0 Å². The number of aromatic nitrogens is 2. The normalized spacial score (nSPS) is 18.2. The van der Waals surface area contributed by atoms with Crippen molar-refractivity contribution in [2.45, 2.75) is 76.4 Å². The van der Waals surface area contributed by atoms with Gasteiger partial charge in [0.25, 0.3) is 0 Å². The summed E-state index contributed by atoms with van der Waals surface area (Å²) in [6.45, 7) is 9.20. The molecule has 0 spiro atoms. The first-order valence-electron chi connectivity index (χ1n) is 14.7. The fraction of sp³-hybridized carbons (Fsp3) is 0.586. The molecule has 15 heteroatoms. The summed E-state index contributed by atoms with van der Waals surface area (Å²) in [4.78, 5) is 40.3. The molecular formula is C29H40F3N7O4Si. The fourth-order valence-electron chi connectivity index (χ4n) is 4.61. The number of allylic oxidation sites excluding steroid dienone is 2. The van der Waals surface area contributed by atoms with Gasteiger partial charge in [0.15, 0.2) is 11.6 Å². The second kappa shape index (κ2) is 14.5. The van der Waals surface area contributed by atoms with Crippen molar-refractivity contribution >= 4 is 32.1 Å². The Bertz CT molecular complexity index is 1320. The highest BCUT2D eigenvalue weighted by Gasteiger charge is 2.43. The van der Waals surface area contributed by atoms with Crippen LogP contribution in [0.4, 0.5) is 19.1 Å². The highest BCUT2D eigenvalue weighted by Crippen LogP contribution is 2.39. The predicted molar refractivity (Wildman–Crippen MR) is 162 cm³/mol. The van der Waals surface area contributed by atoms with Gasteiger partial charge in [-0.15, -0.1) is 0 Å². The molecule has 240 valence electrons. The summed E-state index contributed by atoms with van der Waals surface area (Å²) in [5, 5.41) is 7.50. The van der Waals surface area contributed by atoms with E-state index in [-0.39, 0.29) is 25.7 Å². The summed E-state index contributed by atoms with van der Waals surface area (Å²) in [6, 6.07) is 0.143. The number of anilines is 1. The van der Waals surface area contributed by atoms with Crippen molar-refractivity contribution in [2.75, 3.05) is 37.9 Å². The summed E-state index contributed by atoms with van der Waals surface area (Å²) < 4.78 is 47.6. The van der Waals surface area contributed by atoms with Crippen LogP contribution in [0.25, 0.3) is 0 Å². The van der Waals surface area contributed by atoms with Crippen molar-refractivity contribution < 1.29 is 32.3 Å². The zero-order chi connectivity index (χ0) is 31.9. The van der Waals surface area contributed by atoms with Crippen molar-refractivity contribution in [2.24, 2.45) is 5.10 Å². The summed E-state index contributed by atoms with van der Waals surface area (Å²) in [5.41, 5.74) is 2.11. The number of hydrazone groups is 1. The average Bonchev–Trinajstić information content (AvgIpc) is 3.81. The molecule has 0 radical (unpaired) electrons. The van der Waals surface area contributed by atoms with Gasteiger partial charge in [0, 0.05) is 52.6 Å². The number of amides is 1. The maximum atomic E-state index is 14.0. The maximum absolute atomic E-state index is 14.0. The molecule has 3 heterocycles. The van der Waals surface area contributed by atoms with Gasteiger partial charge in [0.05, 0.1) is 18.5 Å². The third-order valence-electron chi connectivity index (χ3n) is 7.28. The van der Waals surface area contributed by atoms with E-state index in [2.05, 4.69) is 45.5 Å². The van der Waals surface area contributed by atoms with E-state index in [4.69, 9.17) is 9.57 Å².